The van der Waals surface area contributed by atoms with Crippen LogP contribution in [0.25, 0.3) is 0 Å². The van der Waals surface area contributed by atoms with E-state index in [1.165, 1.54) is 16.4 Å². The van der Waals surface area contributed by atoms with Crippen LogP contribution in [0.5, 0.6) is 0 Å². The molecular formula is C16H17ClN6O. The molecule has 0 aliphatic heterocycles. The van der Waals surface area contributed by atoms with Crippen LogP contribution >= 0.6 is 11.6 Å². The van der Waals surface area contributed by atoms with E-state index >= 15 is 0 Å². The number of nitrogens with one attached hydrogen (secondary N) is 1. The van der Waals surface area contributed by atoms with Crippen LogP contribution in [0.3, 0.4) is 0 Å². The van der Waals surface area contributed by atoms with Gasteiger partial charge in [-0.25, -0.2) is 9.67 Å². The van der Waals surface area contributed by atoms with Crippen LogP contribution in [0.15, 0.2) is 36.8 Å². The monoisotopic (exact) mass is 344 g/mol. The van der Waals surface area contributed by atoms with Gasteiger partial charge in [0.15, 0.2) is 0 Å². The molecular weight excluding hydrogens is 328 g/mol. The zero-order valence-corrected chi connectivity index (χ0v) is 14.2. The zero-order valence-electron chi connectivity index (χ0n) is 13.4. The summed E-state index contributed by atoms with van der Waals surface area (Å²) < 4.78 is 3.19. The van der Waals surface area contributed by atoms with Crippen LogP contribution in [0.4, 0.5) is 5.95 Å². The average Bonchev–Trinajstić information content (AvgIpc) is 3.15. The summed E-state index contributed by atoms with van der Waals surface area (Å²) in [5, 5.41) is 11.3. The molecule has 24 heavy (non-hydrogen) atoms. The Morgan fingerprint density at radius 1 is 1.29 bits per heavy atom. The van der Waals surface area contributed by atoms with Gasteiger partial charge in [0.2, 0.25) is 5.95 Å². The van der Waals surface area contributed by atoms with Gasteiger partial charge >= 0.3 is 0 Å². The van der Waals surface area contributed by atoms with E-state index in [0.717, 1.165) is 5.56 Å². The van der Waals surface area contributed by atoms with Gasteiger partial charge in [-0.2, -0.15) is 5.10 Å². The van der Waals surface area contributed by atoms with E-state index in [1.54, 1.807) is 11.0 Å². The normalized spacial score (nSPS) is 10.8. The highest BCUT2D eigenvalue weighted by Gasteiger charge is 2.18. The molecule has 1 aromatic carbocycles. The summed E-state index contributed by atoms with van der Waals surface area (Å²) in [7, 11) is 0. The molecule has 0 radical (unpaired) electrons. The molecule has 0 atom stereocenters. The Labute approximate surface area is 144 Å². The lowest BCUT2D eigenvalue weighted by molar-refractivity contribution is 0.101. The molecule has 1 N–H and O–H groups in total. The Kier molecular flexibility index (Phi) is 4.61. The Balaban J connectivity index is 1.70. The maximum atomic E-state index is 12.3. The number of hydrogen-bond acceptors (Lipinski definition) is 4. The lowest BCUT2D eigenvalue weighted by Gasteiger charge is -2.04. The van der Waals surface area contributed by atoms with Gasteiger partial charge in [-0.3, -0.25) is 14.8 Å². The second kappa shape index (κ2) is 6.84. The Hall–Kier alpha value is -2.67. The third kappa shape index (κ3) is 3.46. The predicted octanol–water partition coefficient (Wildman–Crippen LogP) is 2.76. The molecule has 7 nitrogen and oxygen atoms in total. The molecule has 0 unspecified atom stereocenters. The minimum atomic E-state index is -0.382. The van der Waals surface area contributed by atoms with Crippen molar-refractivity contribution >= 4 is 23.5 Å². The van der Waals surface area contributed by atoms with Crippen molar-refractivity contribution in [1.29, 1.82) is 0 Å². The van der Waals surface area contributed by atoms with Gasteiger partial charge in [-0.05, 0) is 19.4 Å². The second-order valence-corrected chi connectivity index (χ2v) is 5.77. The summed E-state index contributed by atoms with van der Waals surface area (Å²) >= 11 is 6.02. The molecule has 124 valence electrons. The van der Waals surface area contributed by atoms with Gasteiger partial charge in [0.1, 0.15) is 12.0 Å². The molecule has 2 heterocycles. The minimum Gasteiger partial charge on any atom is -0.288 e. The number of hydrogen-bond donors (Lipinski definition) is 1. The van der Waals surface area contributed by atoms with E-state index in [1.807, 2.05) is 38.1 Å². The molecule has 3 rings (SSSR count). The number of amides is 1. The number of aromatic nitrogens is 5. The predicted molar refractivity (Wildman–Crippen MR) is 91.2 cm³/mol. The van der Waals surface area contributed by atoms with Gasteiger partial charge in [0.05, 0.1) is 17.8 Å². The molecule has 0 aliphatic carbocycles. The number of carbonyl (C=O) groups is 1. The van der Waals surface area contributed by atoms with Gasteiger partial charge in [-0.1, -0.05) is 41.4 Å². The van der Waals surface area contributed by atoms with Crippen molar-refractivity contribution in [1.82, 2.24) is 24.5 Å². The third-order valence-corrected chi connectivity index (χ3v) is 3.81. The molecule has 0 spiro atoms. The van der Waals surface area contributed by atoms with E-state index in [2.05, 4.69) is 20.5 Å². The lowest BCUT2D eigenvalue weighted by Crippen LogP contribution is -2.18. The van der Waals surface area contributed by atoms with E-state index in [-0.39, 0.29) is 11.9 Å². The maximum absolute atomic E-state index is 12.3. The molecule has 0 saturated carbocycles. The summed E-state index contributed by atoms with van der Waals surface area (Å²) in [4.78, 5) is 16.4. The fourth-order valence-electron chi connectivity index (χ4n) is 2.30. The third-order valence-electron chi connectivity index (χ3n) is 3.54. The summed E-state index contributed by atoms with van der Waals surface area (Å²) in [6, 6.07) is 8.16. The summed E-state index contributed by atoms with van der Waals surface area (Å²) in [6.07, 6.45) is 3.03. The van der Waals surface area contributed by atoms with Crippen molar-refractivity contribution in [3.05, 3.63) is 58.6 Å². The van der Waals surface area contributed by atoms with Crippen LogP contribution in [0.1, 0.15) is 28.5 Å². The smallest absolute Gasteiger partial charge is 0.277 e. The number of benzene rings is 1. The molecule has 3 aromatic rings. The molecule has 8 heteroatoms. The fourth-order valence-corrected chi connectivity index (χ4v) is 2.52. The zero-order chi connectivity index (χ0) is 17.1. The van der Waals surface area contributed by atoms with E-state index in [9.17, 15) is 4.79 Å². The number of aryl methyl sites for hydroxylation is 2. The van der Waals surface area contributed by atoms with Gasteiger partial charge in [-0.15, -0.1) is 5.10 Å². The standard InChI is InChI=1S/C16H17ClN6O/c1-3-23-14(13(17)8-19-23)15(24)20-16-18-10-22(21-16)9-12-6-4-11(2)5-7-12/h4-8,10H,3,9H2,1-2H3,(H,20,21,24). The summed E-state index contributed by atoms with van der Waals surface area (Å²) in [6.45, 7) is 5.05. The number of carbonyl (C=O) groups excluding carboxylic acids is 1. The average molecular weight is 345 g/mol. The highest BCUT2D eigenvalue weighted by Crippen LogP contribution is 2.16. The van der Waals surface area contributed by atoms with Gasteiger partial charge < -0.3 is 0 Å². The molecule has 1 amide bonds. The molecule has 2 aromatic heterocycles. The lowest BCUT2D eigenvalue weighted by atomic mass is 10.1. The maximum Gasteiger partial charge on any atom is 0.277 e. The number of anilines is 1. The van der Waals surface area contributed by atoms with Crippen LogP contribution in [0.2, 0.25) is 5.02 Å². The number of rotatable bonds is 5. The van der Waals surface area contributed by atoms with Crippen LogP contribution in [-0.2, 0) is 13.1 Å². The topological polar surface area (TPSA) is 77.6 Å². The summed E-state index contributed by atoms with van der Waals surface area (Å²) in [5.41, 5.74) is 2.61. The number of halogens is 1. The Morgan fingerprint density at radius 3 is 2.75 bits per heavy atom. The van der Waals surface area contributed by atoms with E-state index in [4.69, 9.17) is 11.6 Å². The molecule has 0 fully saturated rings. The van der Waals surface area contributed by atoms with Crippen molar-refractivity contribution in [3.63, 3.8) is 0 Å². The quantitative estimate of drug-likeness (QED) is 0.772. The number of nitrogens with zero attached hydrogens (tertiary/aromatic N) is 5. The van der Waals surface area contributed by atoms with Crippen molar-refractivity contribution in [2.75, 3.05) is 5.32 Å². The Bertz CT molecular complexity index is 852. The highest BCUT2D eigenvalue weighted by atomic mass is 35.5. The van der Waals surface area contributed by atoms with Gasteiger partial charge in [0, 0.05) is 6.54 Å². The van der Waals surface area contributed by atoms with Crippen molar-refractivity contribution in [3.8, 4) is 0 Å². The van der Waals surface area contributed by atoms with Crippen LogP contribution < -0.4 is 5.32 Å². The molecule has 0 aliphatic rings. The van der Waals surface area contributed by atoms with Crippen LogP contribution in [-0.4, -0.2) is 30.5 Å². The first-order valence-corrected chi connectivity index (χ1v) is 7.92. The Morgan fingerprint density at radius 2 is 2.04 bits per heavy atom. The first-order chi connectivity index (χ1) is 11.6. The van der Waals surface area contributed by atoms with Crippen molar-refractivity contribution < 1.29 is 4.79 Å². The van der Waals surface area contributed by atoms with E-state index in [0.29, 0.717) is 23.8 Å². The van der Waals surface area contributed by atoms with E-state index < -0.39 is 0 Å². The van der Waals surface area contributed by atoms with Crippen molar-refractivity contribution in [2.45, 2.75) is 26.9 Å². The highest BCUT2D eigenvalue weighted by molar-refractivity contribution is 6.34. The largest absolute Gasteiger partial charge is 0.288 e. The first-order valence-electron chi connectivity index (χ1n) is 7.54. The summed E-state index contributed by atoms with van der Waals surface area (Å²) in [5.74, 6) is -0.153. The van der Waals surface area contributed by atoms with Gasteiger partial charge in [0.25, 0.3) is 5.91 Å². The second-order valence-electron chi connectivity index (χ2n) is 5.36. The van der Waals surface area contributed by atoms with Crippen LogP contribution in [0, 0.1) is 6.92 Å². The molecule has 0 saturated heterocycles. The van der Waals surface area contributed by atoms with Crippen molar-refractivity contribution in [2.24, 2.45) is 0 Å². The SMILES string of the molecule is CCn1ncc(Cl)c1C(=O)Nc1ncn(Cc2ccc(C)cc2)n1. The fraction of sp³-hybridized carbons (Fsp3) is 0.250. The molecule has 0 bridgehead atoms. The minimum absolute atomic E-state index is 0.229. The first kappa shape index (κ1) is 16.2.